The van der Waals surface area contributed by atoms with Gasteiger partial charge in [-0.05, 0) is 49.3 Å². The molecule has 2 heterocycles. The van der Waals surface area contributed by atoms with Crippen LogP contribution in [0.1, 0.15) is 71.2 Å². The second kappa shape index (κ2) is 10.9. The second-order valence-corrected chi connectivity index (χ2v) is 10.6. The highest BCUT2D eigenvalue weighted by molar-refractivity contribution is 5.99. The first-order chi connectivity index (χ1) is 17.5. The van der Waals surface area contributed by atoms with Gasteiger partial charge in [0.25, 0.3) is 11.8 Å². The molecular weight excluding hydrogens is 459 g/mol. The largest absolute Gasteiger partial charge is 0.352 e. The van der Waals surface area contributed by atoms with Crippen LogP contribution in [0.4, 0.5) is 4.39 Å². The van der Waals surface area contributed by atoms with Gasteiger partial charge in [-0.25, -0.2) is 4.39 Å². The number of aromatic nitrogens is 1. The molecule has 2 amide bonds. The van der Waals surface area contributed by atoms with Crippen molar-refractivity contribution in [3.63, 3.8) is 0 Å². The van der Waals surface area contributed by atoms with E-state index in [2.05, 4.69) is 10.2 Å². The second-order valence-electron chi connectivity index (χ2n) is 10.6. The fourth-order valence-electron chi connectivity index (χ4n) is 5.38. The summed E-state index contributed by atoms with van der Waals surface area (Å²) < 4.78 is 15.4. The zero-order valence-corrected chi connectivity index (χ0v) is 20.8. The van der Waals surface area contributed by atoms with E-state index in [9.17, 15) is 18.8 Å². The van der Waals surface area contributed by atoms with Gasteiger partial charge in [0.1, 0.15) is 16.9 Å². The van der Waals surface area contributed by atoms with E-state index in [0.717, 1.165) is 31.2 Å². The van der Waals surface area contributed by atoms with Crippen molar-refractivity contribution in [1.82, 2.24) is 19.7 Å². The molecule has 0 unspecified atom stereocenters. The lowest BCUT2D eigenvalue weighted by Crippen LogP contribution is -2.49. The van der Waals surface area contributed by atoms with Crippen molar-refractivity contribution in [3.8, 4) is 0 Å². The topological polar surface area (TPSA) is 74.7 Å². The standard InChI is InChI=1S/C28H35FN4O3/c29-22-8-4-7-21(15-22)17-31-11-13-33(14-12-31)28(36)25-19-32(16-20-5-2-1-3-6-20)18-24(26(25)34)27(35)30-23-9-10-23/h4,7-8,15,18-20,23H,1-3,5-6,9-14,16-17H2,(H,30,35). The fourth-order valence-corrected chi connectivity index (χ4v) is 5.38. The third-order valence-corrected chi connectivity index (χ3v) is 7.62. The SMILES string of the molecule is O=C(NC1CC1)c1cn(CC2CCCCC2)cc(C(=O)N2CCN(Cc3cccc(F)c3)CC2)c1=O. The molecular formula is C28H35FN4O3. The predicted octanol–water partition coefficient (Wildman–Crippen LogP) is 3.42. The zero-order chi connectivity index (χ0) is 25.1. The molecule has 3 aliphatic rings. The van der Waals surface area contributed by atoms with E-state index in [1.54, 1.807) is 23.4 Å². The highest BCUT2D eigenvalue weighted by Gasteiger charge is 2.29. The van der Waals surface area contributed by atoms with Crippen molar-refractivity contribution in [1.29, 1.82) is 0 Å². The van der Waals surface area contributed by atoms with Crippen LogP contribution in [0.15, 0.2) is 41.5 Å². The number of pyridine rings is 1. The first-order valence-electron chi connectivity index (χ1n) is 13.3. The summed E-state index contributed by atoms with van der Waals surface area (Å²) >= 11 is 0. The first-order valence-corrected chi connectivity index (χ1v) is 13.3. The minimum atomic E-state index is -0.486. The molecule has 1 aromatic heterocycles. The Morgan fingerprint density at radius 2 is 1.67 bits per heavy atom. The molecule has 1 saturated heterocycles. The summed E-state index contributed by atoms with van der Waals surface area (Å²) in [5.74, 6) is -0.454. The van der Waals surface area contributed by atoms with Crippen LogP contribution in [0, 0.1) is 11.7 Å². The van der Waals surface area contributed by atoms with E-state index in [1.807, 2.05) is 10.6 Å². The summed E-state index contributed by atoms with van der Waals surface area (Å²) in [5, 5.41) is 2.91. The number of carbonyl (C=O) groups is 2. The molecule has 5 rings (SSSR count). The maximum Gasteiger partial charge on any atom is 0.259 e. The van der Waals surface area contributed by atoms with Gasteiger partial charge in [0.15, 0.2) is 0 Å². The Bertz CT molecular complexity index is 1160. The lowest BCUT2D eigenvalue weighted by atomic mass is 9.89. The number of halogens is 1. The molecule has 192 valence electrons. The molecule has 8 heteroatoms. The van der Waals surface area contributed by atoms with Gasteiger partial charge in [-0.15, -0.1) is 0 Å². The van der Waals surface area contributed by atoms with Crippen LogP contribution in [-0.4, -0.2) is 58.4 Å². The average Bonchev–Trinajstić information content (AvgIpc) is 3.70. The van der Waals surface area contributed by atoms with Crippen LogP contribution in [0.3, 0.4) is 0 Å². The molecule has 3 fully saturated rings. The quantitative estimate of drug-likeness (QED) is 0.640. The van der Waals surface area contributed by atoms with Crippen LogP contribution in [0.2, 0.25) is 0 Å². The Labute approximate surface area is 211 Å². The van der Waals surface area contributed by atoms with Gasteiger partial charge in [-0.3, -0.25) is 19.3 Å². The number of amides is 2. The highest BCUT2D eigenvalue weighted by Crippen LogP contribution is 2.25. The first kappa shape index (κ1) is 24.7. The molecule has 1 N–H and O–H groups in total. The Balaban J connectivity index is 1.31. The third kappa shape index (κ3) is 6.03. The minimum Gasteiger partial charge on any atom is -0.352 e. The maximum absolute atomic E-state index is 13.5. The molecule has 1 aliphatic heterocycles. The number of carbonyl (C=O) groups excluding carboxylic acids is 2. The molecule has 7 nitrogen and oxygen atoms in total. The van der Waals surface area contributed by atoms with Crippen molar-refractivity contribution >= 4 is 11.8 Å². The average molecular weight is 495 g/mol. The van der Waals surface area contributed by atoms with E-state index < -0.39 is 5.43 Å². The molecule has 0 radical (unpaired) electrons. The van der Waals surface area contributed by atoms with Gasteiger partial charge in [0, 0.05) is 57.7 Å². The van der Waals surface area contributed by atoms with Crippen LogP contribution >= 0.6 is 0 Å². The van der Waals surface area contributed by atoms with Crippen molar-refractivity contribution in [3.05, 3.63) is 69.4 Å². The zero-order valence-electron chi connectivity index (χ0n) is 20.8. The van der Waals surface area contributed by atoms with Crippen LogP contribution in [-0.2, 0) is 13.1 Å². The molecule has 0 spiro atoms. The summed E-state index contributed by atoms with van der Waals surface area (Å²) in [6.07, 6.45) is 11.1. The van der Waals surface area contributed by atoms with Crippen LogP contribution in [0.25, 0.3) is 0 Å². The van der Waals surface area contributed by atoms with Gasteiger partial charge in [0.05, 0.1) is 0 Å². The van der Waals surface area contributed by atoms with Gasteiger partial charge in [-0.2, -0.15) is 0 Å². The molecule has 1 aromatic carbocycles. The molecule has 0 bridgehead atoms. The number of hydrogen-bond acceptors (Lipinski definition) is 4. The number of nitrogens with zero attached hydrogens (tertiary/aromatic N) is 3. The van der Waals surface area contributed by atoms with E-state index in [4.69, 9.17) is 0 Å². The van der Waals surface area contributed by atoms with Crippen LogP contribution in [0.5, 0.6) is 0 Å². The number of hydrogen-bond donors (Lipinski definition) is 1. The number of piperazine rings is 1. The molecule has 36 heavy (non-hydrogen) atoms. The van der Waals surface area contributed by atoms with Gasteiger partial charge < -0.3 is 14.8 Å². The molecule has 2 aromatic rings. The van der Waals surface area contributed by atoms with Gasteiger partial charge >= 0.3 is 0 Å². The van der Waals surface area contributed by atoms with Gasteiger partial charge in [-0.1, -0.05) is 31.4 Å². The smallest absolute Gasteiger partial charge is 0.259 e. The van der Waals surface area contributed by atoms with Crippen LogP contribution < -0.4 is 10.7 Å². The Morgan fingerprint density at radius 3 is 2.36 bits per heavy atom. The Morgan fingerprint density at radius 1 is 0.944 bits per heavy atom. The fraction of sp³-hybridized carbons (Fsp3) is 0.536. The van der Waals surface area contributed by atoms with E-state index in [1.165, 1.54) is 31.4 Å². The lowest BCUT2D eigenvalue weighted by Gasteiger charge is -2.34. The minimum absolute atomic E-state index is 0.0632. The normalized spacial score (nSPS) is 19.3. The number of rotatable bonds is 7. The maximum atomic E-state index is 13.5. The van der Waals surface area contributed by atoms with Crippen molar-refractivity contribution in [2.75, 3.05) is 26.2 Å². The summed E-state index contributed by atoms with van der Waals surface area (Å²) in [5.41, 5.74) is 0.552. The summed E-state index contributed by atoms with van der Waals surface area (Å²) in [6, 6.07) is 6.70. The molecule has 2 aliphatic carbocycles. The van der Waals surface area contributed by atoms with E-state index in [0.29, 0.717) is 45.2 Å². The Kier molecular flexibility index (Phi) is 7.51. The summed E-state index contributed by atoms with van der Waals surface area (Å²) in [6.45, 7) is 3.57. The number of nitrogens with one attached hydrogen (secondary N) is 1. The third-order valence-electron chi connectivity index (χ3n) is 7.62. The summed E-state index contributed by atoms with van der Waals surface area (Å²) in [7, 11) is 0. The molecule has 0 atom stereocenters. The Hall–Kier alpha value is -3.00. The summed E-state index contributed by atoms with van der Waals surface area (Å²) in [4.78, 5) is 43.6. The predicted molar refractivity (Wildman–Crippen MR) is 135 cm³/mol. The van der Waals surface area contributed by atoms with Crippen molar-refractivity contribution in [2.45, 2.75) is 64.1 Å². The number of benzene rings is 1. The van der Waals surface area contributed by atoms with Crippen molar-refractivity contribution in [2.24, 2.45) is 5.92 Å². The van der Waals surface area contributed by atoms with Crippen molar-refractivity contribution < 1.29 is 14.0 Å². The van der Waals surface area contributed by atoms with E-state index in [-0.39, 0.29) is 34.8 Å². The lowest BCUT2D eigenvalue weighted by molar-refractivity contribution is 0.0626. The molecule has 2 saturated carbocycles. The highest BCUT2D eigenvalue weighted by atomic mass is 19.1. The van der Waals surface area contributed by atoms with Gasteiger partial charge in [0.2, 0.25) is 5.43 Å². The monoisotopic (exact) mass is 494 g/mol. The van der Waals surface area contributed by atoms with E-state index >= 15 is 0 Å².